The zero-order valence-electron chi connectivity index (χ0n) is 9.12. The Balaban J connectivity index is 2.44. The molecule has 0 saturated carbocycles. The van der Waals surface area contributed by atoms with Gasteiger partial charge in [-0.05, 0) is 24.3 Å². The fourth-order valence-corrected chi connectivity index (χ4v) is 3.60. The topological polar surface area (TPSA) is 40.5 Å². The smallest absolute Gasteiger partial charge is 0.156 e. The summed E-state index contributed by atoms with van der Waals surface area (Å²) in [5.41, 5.74) is 0. The van der Waals surface area contributed by atoms with E-state index in [2.05, 4.69) is 0 Å². The van der Waals surface area contributed by atoms with Crippen molar-refractivity contribution in [3.8, 4) is 11.5 Å². The number of hydrogen-bond acceptors (Lipinski definition) is 3. The zero-order valence-corrected chi connectivity index (χ0v) is 13.0. The summed E-state index contributed by atoms with van der Waals surface area (Å²) in [4.78, 5) is 1.11. The summed E-state index contributed by atoms with van der Waals surface area (Å²) in [6, 6.07) is 6.39. The van der Waals surface area contributed by atoms with Gasteiger partial charge in [0.2, 0.25) is 0 Å². The molecule has 0 spiro atoms. The van der Waals surface area contributed by atoms with E-state index in [0.29, 0.717) is 19.8 Å². The van der Waals surface area contributed by atoms with Crippen molar-refractivity contribution in [2.45, 2.75) is 9.79 Å². The molecular formula is C12H6Cl4O2S. The molecule has 0 aliphatic rings. The maximum Gasteiger partial charge on any atom is 0.156 e. The van der Waals surface area contributed by atoms with Crippen LogP contribution in [-0.4, -0.2) is 10.2 Å². The van der Waals surface area contributed by atoms with Crippen molar-refractivity contribution in [1.82, 2.24) is 0 Å². The van der Waals surface area contributed by atoms with Gasteiger partial charge in [0.25, 0.3) is 0 Å². The molecule has 2 N–H and O–H groups in total. The van der Waals surface area contributed by atoms with Crippen molar-refractivity contribution in [3.05, 3.63) is 44.4 Å². The van der Waals surface area contributed by atoms with Crippen LogP contribution in [-0.2, 0) is 0 Å². The number of rotatable bonds is 2. The molecule has 0 heterocycles. The second-order valence-corrected chi connectivity index (χ2v) is 6.35. The predicted octanol–water partition coefficient (Wildman–Crippen LogP) is 5.86. The molecule has 0 aliphatic heterocycles. The quantitative estimate of drug-likeness (QED) is 0.708. The first-order valence-electron chi connectivity index (χ1n) is 4.92. The molecule has 7 heteroatoms. The van der Waals surface area contributed by atoms with Gasteiger partial charge in [0.15, 0.2) is 11.5 Å². The highest BCUT2D eigenvalue weighted by Gasteiger charge is 2.16. The summed E-state index contributed by atoms with van der Waals surface area (Å²) in [7, 11) is 0. The van der Waals surface area contributed by atoms with Crippen LogP contribution in [0.15, 0.2) is 34.1 Å². The fourth-order valence-electron chi connectivity index (χ4n) is 1.37. The minimum absolute atomic E-state index is 0.0541. The molecule has 2 aromatic carbocycles. The van der Waals surface area contributed by atoms with Gasteiger partial charge < -0.3 is 10.2 Å². The molecule has 0 unspecified atom stereocenters. The van der Waals surface area contributed by atoms with Crippen LogP contribution in [0.25, 0.3) is 0 Å². The lowest BCUT2D eigenvalue weighted by molar-refractivity contribution is 0.442. The van der Waals surface area contributed by atoms with E-state index in [1.807, 2.05) is 0 Å². The standard InChI is InChI=1S/C12H6Cl4O2S/c13-5-1-6(14)3-7(2-5)19-9-4-8(15)11(17)10(16)12(9)18/h1-4,17-18H. The van der Waals surface area contributed by atoms with E-state index in [1.54, 1.807) is 18.2 Å². The average molecular weight is 356 g/mol. The molecular weight excluding hydrogens is 350 g/mol. The number of phenols is 2. The highest BCUT2D eigenvalue weighted by Crippen LogP contribution is 2.46. The lowest BCUT2D eigenvalue weighted by atomic mass is 10.3. The molecule has 0 amide bonds. The van der Waals surface area contributed by atoms with Gasteiger partial charge in [-0.25, -0.2) is 0 Å². The molecule has 19 heavy (non-hydrogen) atoms. The number of benzene rings is 2. The van der Waals surface area contributed by atoms with Crippen molar-refractivity contribution >= 4 is 58.2 Å². The van der Waals surface area contributed by atoms with E-state index in [4.69, 9.17) is 46.4 Å². The Hall–Kier alpha value is -0.450. The second-order valence-electron chi connectivity index (χ2n) is 3.57. The largest absolute Gasteiger partial charge is 0.505 e. The minimum atomic E-state index is -0.352. The van der Waals surface area contributed by atoms with Crippen LogP contribution >= 0.6 is 58.2 Å². The van der Waals surface area contributed by atoms with Crippen molar-refractivity contribution in [3.63, 3.8) is 0 Å². The lowest BCUT2D eigenvalue weighted by Crippen LogP contribution is -1.80. The number of phenolic OH excluding ortho intramolecular Hbond substituents is 2. The van der Waals surface area contributed by atoms with Crippen molar-refractivity contribution in [1.29, 1.82) is 0 Å². The predicted molar refractivity (Wildman–Crippen MR) is 80.4 cm³/mol. The second kappa shape index (κ2) is 5.90. The van der Waals surface area contributed by atoms with E-state index in [1.165, 1.54) is 17.8 Å². The molecule has 0 fully saturated rings. The third kappa shape index (κ3) is 3.36. The average Bonchev–Trinajstić information content (AvgIpc) is 2.32. The number of hydrogen-bond donors (Lipinski definition) is 2. The summed E-state index contributed by atoms with van der Waals surface area (Å²) in [6.45, 7) is 0. The summed E-state index contributed by atoms with van der Waals surface area (Å²) in [5.74, 6) is -0.598. The SMILES string of the molecule is Oc1c(Cl)cc(Sc2cc(Cl)cc(Cl)c2)c(O)c1Cl. The first kappa shape index (κ1) is 14.9. The van der Waals surface area contributed by atoms with Gasteiger partial charge in [0.1, 0.15) is 5.02 Å². The Kier molecular flexibility index (Phi) is 4.64. The van der Waals surface area contributed by atoms with Crippen LogP contribution in [0.2, 0.25) is 20.1 Å². The van der Waals surface area contributed by atoms with Crippen molar-refractivity contribution in [2.75, 3.05) is 0 Å². The fraction of sp³-hybridized carbons (Fsp3) is 0. The van der Waals surface area contributed by atoms with E-state index in [9.17, 15) is 10.2 Å². The number of aromatic hydroxyl groups is 2. The zero-order chi connectivity index (χ0) is 14.2. The minimum Gasteiger partial charge on any atom is -0.505 e. The summed E-state index contributed by atoms with van der Waals surface area (Å²) >= 11 is 24.5. The summed E-state index contributed by atoms with van der Waals surface area (Å²) in [6.07, 6.45) is 0. The molecule has 2 aromatic rings. The highest BCUT2D eigenvalue weighted by molar-refractivity contribution is 7.99. The molecule has 0 aromatic heterocycles. The monoisotopic (exact) mass is 354 g/mol. The van der Waals surface area contributed by atoms with Crippen molar-refractivity contribution < 1.29 is 10.2 Å². The third-order valence-corrected chi connectivity index (χ3v) is 4.28. The molecule has 0 aliphatic carbocycles. The highest BCUT2D eigenvalue weighted by atomic mass is 35.5. The van der Waals surface area contributed by atoms with E-state index in [-0.39, 0.29) is 21.5 Å². The van der Waals surface area contributed by atoms with Crippen LogP contribution in [0.1, 0.15) is 0 Å². The van der Waals surface area contributed by atoms with Gasteiger partial charge in [0.05, 0.1) is 9.92 Å². The van der Waals surface area contributed by atoms with Gasteiger partial charge in [0, 0.05) is 14.9 Å². The molecule has 0 radical (unpaired) electrons. The first-order chi connectivity index (χ1) is 8.88. The normalized spacial score (nSPS) is 10.7. The molecule has 2 rings (SSSR count). The van der Waals surface area contributed by atoms with E-state index < -0.39 is 0 Å². The molecule has 100 valence electrons. The van der Waals surface area contributed by atoms with Gasteiger partial charge in [-0.15, -0.1) is 0 Å². The Morgan fingerprint density at radius 1 is 0.789 bits per heavy atom. The maximum absolute atomic E-state index is 9.87. The Morgan fingerprint density at radius 3 is 1.95 bits per heavy atom. The van der Waals surface area contributed by atoms with Crippen LogP contribution in [0.5, 0.6) is 11.5 Å². The molecule has 0 saturated heterocycles. The van der Waals surface area contributed by atoms with Crippen molar-refractivity contribution in [2.24, 2.45) is 0 Å². The Morgan fingerprint density at radius 2 is 1.37 bits per heavy atom. The van der Waals surface area contributed by atoms with Crippen LogP contribution < -0.4 is 0 Å². The first-order valence-corrected chi connectivity index (χ1v) is 7.25. The summed E-state index contributed by atoms with van der Waals surface area (Å²) < 4.78 is 0. The Bertz CT molecular complexity index is 626. The molecule has 0 atom stereocenters. The number of halogens is 4. The van der Waals surface area contributed by atoms with E-state index >= 15 is 0 Å². The van der Waals surface area contributed by atoms with E-state index in [0.717, 1.165) is 0 Å². The van der Waals surface area contributed by atoms with Crippen LogP contribution in [0.4, 0.5) is 0 Å². The van der Waals surface area contributed by atoms with Gasteiger partial charge in [-0.3, -0.25) is 0 Å². The Labute approximate surface area is 133 Å². The lowest BCUT2D eigenvalue weighted by Gasteiger charge is -2.09. The maximum atomic E-state index is 9.87. The van der Waals surface area contributed by atoms with Gasteiger partial charge in [-0.2, -0.15) is 0 Å². The van der Waals surface area contributed by atoms with Crippen LogP contribution in [0, 0.1) is 0 Å². The van der Waals surface area contributed by atoms with Gasteiger partial charge in [-0.1, -0.05) is 58.2 Å². The van der Waals surface area contributed by atoms with Gasteiger partial charge >= 0.3 is 0 Å². The third-order valence-electron chi connectivity index (χ3n) is 2.20. The summed E-state index contributed by atoms with van der Waals surface area (Å²) in [5, 5.41) is 20.2. The molecule has 0 bridgehead atoms. The molecule has 2 nitrogen and oxygen atoms in total. The van der Waals surface area contributed by atoms with Crippen LogP contribution in [0.3, 0.4) is 0 Å².